The maximum Gasteiger partial charge on any atom is 0.150 e. The van der Waals surface area contributed by atoms with Crippen LogP contribution in [0.3, 0.4) is 0 Å². The molecule has 1 aromatic heterocycles. The van der Waals surface area contributed by atoms with Crippen molar-refractivity contribution < 1.29 is 8.78 Å². The number of thiophene rings is 1. The average Bonchev–Trinajstić information content (AvgIpc) is 2.78. The van der Waals surface area contributed by atoms with E-state index < -0.39 is 11.6 Å². The van der Waals surface area contributed by atoms with Crippen molar-refractivity contribution >= 4 is 45.8 Å². The monoisotopic (exact) mass is 332 g/mol. The Labute approximate surface area is 129 Å². The second-order valence-electron chi connectivity index (χ2n) is 4.06. The van der Waals surface area contributed by atoms with E-state index in [-0.39, 0.29) is 16.2 Å². The van der Waals surface area contributed by atoms with Crippen LogP contribution in [-0.4, -0.2) is 11.5 Å². The first-order chi connectivity index (χ1) is 9.47. The Kier molecular flexibility index (Phi) is 4.91. The van der Waals surface area contributed by atoms with Crippen LogP contribution in [0, 0.1) is 11.6 Å². The number of hydrogen-bond donors (Lipinski definition) is 2. The van der Waals surface area contributed by atoms with E-state index in [2.05, 4.69) is 5.32 Å². The molecule has 0 saturated carbocycles. The zero-order valence-electron chi connectivity index (χ0n) is 10.3. The van der Waals surface area contributed by atoms with Crippen molar-refractivity contribution in [3.05, 3.63) is 50.7 Å². The Morgan fingerprint density at radius 2 is 1.95 bits per heavy atom. The predicted molar refractivity (Wildman–Crippen MR) is 83.8 cm³/mol. The molecule has 0 aliphatic heterocycles. The molecule has 0 saturated heterocycles. The summed E-state index contributed by atoms with van der Waals surface area (Å²) >= 11 is 11.9. The first-order valence-corrected chi connectivity index (χ1v) is 7.34. The molecular formula is C13H11ClF2N2S2. The van der Waals surface area contributed by atoms with E-state index in [0.717, 1.165) is 17.0 Å². The number of anilines is 1. The van der Waals surface area contributed by atoms with Crippen molar-refractivity contribution in [3.8, 4) is 0 Å². The predicted octanol–water partition coefficient (Wildman–Crippen LogP) is 3.97. The van der Waals surface area contributed by atoms with Crippen LogP contribution in [0.4, 0.5) is 14.5 Å². The molecule has 20 heavy (non-hydrogen) atoms. The number of nitrogens with one attached hydrogen (secondary N) is 1. The van der Waals surface area contributed by atoms with E-state index in [9.17, 15) is 8.78 Å². The molecule has 1 aromatic carbocycles. The highest BCUT2D eigenvalue weighted by molar-refractivity contribution is 7.80. The lowest BCUT2D eigenvalue weighted by molar-refractivity contribution is 0.587. The minimum absolute atomic E-state index is 0.0393. The first-order valence-electron chi connectivity index (χ1n) is 5.74. The zero-order valence-corrected chi connectivity index (χ0v) is 12.6. The number of thiocarbonyl (C=S) groups is 1. The van der Waals surface area contributed by atoms with Gasteiger partial charge < -0.3 is 11.1 Å². The molecule has 0 aliphatic carbocycles. The summed E-state index contributed by atoms with van der Waals surface area (Å²) < 4.78 is 28.2. The quantitative estimate of drug-likeness (QED) is 0.814. The molecule has 1 heterocycles. The van der Waals surface area contributed by atoms with Crippen molar-refractivity contribution in [1.29, 1.82) is 0 Å². The van der Waals surface area contributed by atoms with E-state index in [1.165, 1.54) is 11.3 Å². The molecule has 0 bridgehead atoms. The van der Waals surface area contributed by atoms with E-state index >= 15 is 0 Å². The third kappa shape index (κ3) is 3.65. The molecule has 0 atom stereocenters. The van der Waals surface area contributed by atoms with Crippen molar-refractivity contribution in [2.45, 2.75) is 6.42 Å². The van der Waals surface area contributed by atoms with Crippen LogP contribution >= 0.6 is 35.2 Å². The summed E-state index contributed by atoms with van der Waals surface area (Å²) in [6.45, 7) is 0.400. The Hall–Kier alpha value is -1.24. The van der Waals surface area contributed by atoms with Crippen molar-refractivity contribution in [3.63, 3.8) is 0 Å². The molecule has 106 valence electrons. The van der Waals surface area contributed by atoms with Crippen LogP contribution in [0.1, 0.15) is 10.4 Å². The normalized spacial score (nSPS) is 10.6. The Morgan fingerprint density at radius 1 is 1.30 bits per heavy atom. The molecular weight excluding hydrogens is 322 g/mol. The molecule has 3 N–H and O–H groups in total. The molecule has 0 aliphatic rings. The fourth-order valence-corrected chi connectivity index (χ4v) is 2.89. The van der Waals surface area contributed by atoms with E-state index in [1.54, 1.807) is 6.07 Å². The summed E-state index contributed by atoms with van der Waals surface area (Å²) in [5.74, 6) is -1.42. The standard InChI is InChI=1S/C13H11ClF2N2S2/c14-11-2-1-8(20-11)3-4-18-12-9(15)5-7(13(17)19)6-10(12)16/h1-2,5-6,18H,3-4H2,(H2,17,19). The van der Waals surface area contributed by atoms with Gasteiger partial charge in [-0.1, -0.05) is 23.8 Å². The van der Waals surface area contributed by atoms with Gasteiger partial charge in [0.2, 0.25) is 0 Å². The summed E-state index contributed by atoms with van der Waals surface area (Å²) in [7, 11) is 0. The van der Waals surface area contributed by atoms with Crippen LogP contribution in [0.5, 0.6) is 0 Å². The van der Waals surface area contributed by atoms with E-state index in [0.29, 0.717) is 17.3 Å². The Morgan fingerprint density at radius 3 is 2.45 bits per heavy atom. The molecule has 0 amide bonds. The summed E-state index contributed by atoms with van der Waals surface area (Å²) in [6, 6.07) is 5.92. The Bertz CT molecular complexity index is 620. The topological polar surface area (TPSA) is 38.0 Å². The first kappa shape index (κ1) is 15.2. The lowest BCUT2D eigenvalue weighted by Gasteiger charge is -2.09. The minimum atomic E-state index is -0.711. The molecule has 2 nitrogen and oxygen atoms in total. The van der Waals surface area contributed by atoms with Gasteiger partial charge in [-0.2, -0.15) is 0 Å². The van der Waals surface area contributed by atoms with E-state index in [1.807, 2.05) is 6.07 Å². The van der Waals surface area contributed by atoms with Gasteiger partial charge in [0.05, 0.1) is 4.34 Å². The number of rotatable bonds is 5. The SMILES string of the molecule is NC(=S)c1cc(F)c(NCCc2ccc(Cl)s2)c(F)c1. The van der Waals surface area contributed by atoms with E-state index in [4.69, 9.17) is 29.6 Å². The molecule has 0 spiro atoms. The summed E-state index contributed by atoms with van der Waals surface area (Å²) in [5.41, 5.74) is 5.35. The van der Waals surface area contributed by atoms with Gasteiger partial charge in [0.25, 0.3) is 0 Å². The highest BCUT2D eigenvalue weighted by atomic mass is 35.5. The summed E-state index contributed by atoms with van der Waals surface area (Å²) in [5, 5.41) is 2.73. The van der Waals surface area contributed by atoms with Crippen LogP contribution in [0.2, 0.25) is 4.34 Å². The minimum Gasteiger partial charge on any atom is -0.389 e. The molecule has 7 heteroatoms. The molecule has 0 radical (unpaired) electrons. The highest BCUT2D eigenvalue weighted by Crippen LogP contribution is 2.23. The average molecular weight is 333 g/mol. The second kappa shape index (κ2) is 6.47. The Balaban J connectivity index is 2.04. The zero-order chi connectivity index (χ0) is 14.7. The van der Waals surface area contributed by atoms with Gasteiger partial charge in [-0.05, 0) is 30.7 Å². The highest BCUT2D eigenvalue weighted by Gasteiger charge is 2.12. The smallest absolute Gasteiger partial charge is 0.150 e. The van der Waals surface area contributed by atoms with Gasteiger partial charge in [-0.25, -0.2) is 8.78 Å². The van der Waals surface area contributed by atoms with Gasteiger partial charge in [-0.3, -0.25) is 0 Å². The fourth-order valence-electron chi connectivity index (χ4n) is 1.68. The van der Waals surface area contributed by atoms with Gasteiger partial charge in [0.1, 0.15) is 22.3 Å². The van der Waals surface area contributed by atoms with Crippen molar-refractivity contribution in [1.82, 2.24) is 0 Å². The largest absolute Gasteiger partial charge is 0.389 e. The summed E-state index contributed by atoms with van der Waals surface area (Å²) in [4.78, 5) is 1.01. The van der Waals surface area contributed by atoms with Crippen LogP contribution in [0.15, 0.2) is 24.3 Å². The van der Waals surface area contributed by atoms with Crippen LogP contribution < -0.4 is 11.1 Å². The van der Waals surface area contributed by atoms with Gasteiger partial charge in [0, 0.05) is 17.0 Å². The maximum absolute atomic E-state index is 13.8. The molecule has 2 rings (SSSR count). The van der Waals surface area contributed by atoms with Crippen molar-refractivity contribution in [2.75, 3.05) is 11.9 Å². The van der Waals surface area contributed by atoms with Crippen LogP contribution in [0.25, 0.3) is 0 Å². The second-order valence-corrected chi connectivity index (χ2v) is 6.30. The van der Waals surface area contributed by atoms with Gasteiger partial charge in [0.15, 0.2) is 0 Å². The number of halogens is 3. The third-order valence-corrected chi connectivity index (χ3v) is 4.16. The van der Waals surface area contributed by atoms with Gasteiger partial charge >= 0.3 is 0 Å². The maximum atomic E-state index is 13.8. The number of nitrogens with two attached hydrogens (primary N) is 1. The lowest BCUT2D eigenvalue weighted by atomic mass is 10.2. The van der Waals surface area contributed by atoms with Crippen LogP contribution in [-0.2, 0) is 6.42 Å². The van der Waals surface area contributed by atoms with Crippen molar-refractivity contribution in [2.24, 2.45) is 5.73 Å². The van der Waals surface area contributed by atoms with Gasteiger partial charge in [-0.15, -0.1) is 11.3 Å². The number of hydrogen-bond acceptors (Lipinski definition) is 3. The number of benzene rings is 1. The summed E-state index contributed by atoms with van der Waals surface area (Å²) in [6.07, 6.45) is 0.632. The third-order valence-electron chi connectivity index (χ3n) is 2.63. The lowest BCUT2D eigenvalue weighted by Crippen LogP contribution is -2.13. The fraction of sp³-hybridized carbons (Fsp3) is 0.154. The molecule has 0 unspecified atom stereocenters. The molecule has 0 fully saturated rings. The molecule has 2 aromatic rings.